The second kappa shape index (κ2) is 9.52. The lowest BCUT2D eigenvalue weighted by molar-refractivity contribution is -0.151. The van der Waals surface area contributed by atoms with E-state index in [2.05, 4.69) is 4.98 Å². The fourth-order valence-corrected chi connectivity index (χ4v) is 5.17. The van der Waals surface area contributed by atoms with E-state index in [9.17, 15) is 14.0 Å². The van der Waals surface area contributed by atoms with Gasteiger partial charge in [-0.3, -0.25) is 9.59 Å². The van der Waals surface area contributed by atoms with Crippen LogP contribution in [-0.2, 0) is 14.3 Å². The molecule has 0 bridgehead atoms. The molecule has 1 amide bonds. The smallest absolute Gasteiger partial charge is 0.309 e. The van der Waals surface area contributed by atoms with Crippen molar-refractivity contribution >= 4 is 35.0 Å². The summed E-state index contributed by atoms with van der Waals surface area (Å²) in [6.07, 6.45) is 1.29. The number of thiazole rings is 1. The molecule has 1 fully saturated rings. The predicted octanol–water partition coefficient (Wildman–Crippen LogP) is 4.23. The molecule has 28 heavy (non-hydrogen) atoms. The quantitative estimate of drug-likeness (QED) is 0.515. The third kappa shape index (κ3) is 5.11. The summed E-state index contributed by atoms with van der Waals surface area (Å²) in [5.74, 6) is -0.484. The number of halogens is 1. The van der Waals surface area contributed by atoms with Gasteiger partial charge in [0.05, 0.1) is 23.5 Å². The number of thioether (sulfide) groups is 1. The zero-order valence-corrected chi connectivity index (χ0v) is 17.5. The Morgan fingerprint density at radius 3 is 2.64 bits per heavy atom. The van der Waals surface area contributed by atoms with Crippen molar-refractivity contribution in [3.05, 3.63) is 35.5 Å². The zero-order valence-electron chi connectivity index (χ0n) is 15.9. The predicted molar refractivity (Wildman–Crippen MR) is 109 cm³/mol. The van der Waals surface area contributed by atoms with Crippen LogP contribution < -0.4 is 0 Å². The van der Waals surface area contributed by atoms with Crippen LogP contribution in [0.3, 0.4) is 0 Å². The molecule has 0 saturated carbocycles. The van der Waals surface area contributed by atoms with E-state index in [0.29, 0.717) is 32.5 Å². The average molecular weight is 423 g/mol. The minimum Gasteiger partial charge on any atom is -0.466 e. The number of esters is 1. The van der Waals surface area contributed by atoms with E-state index >= 15 is 0 Å². The highest BCUT2D eigenvalue weighted by Gasteiger charge is 2.30. The van der Waals surface area contributed by atoms with E-state index in [-0.39, 0.29) is 28.9 Å². The largest absolute Gasteiger partial charge is 0.466 e. The number of carbonyl (C=O) groups is 2. The molecule has 1 saturated heterocycles. The molecule has 1 aromatic carbocycles. The fraction of sp³-hybridized carbons (Fsp3) is 0.450. The molecule has 0 spiro atoms. The molecule has 2 aromatic rings. The van der Waals surface area contributed by atoms with Crippen LogP contribution in [0.4, 0.5) is 4.39 Å². The third-order valence-electron chi connectivity index (χ3n) is 4.68. The van der Waals surface area contributed by atoms with Crippen LogP contribution in [0, 0.1) is 11.7 Å². The molecule has 1 aromatic heterocycles. The van der Waals surface area contributed by atoms with E-state index in [1.807, 2.05) is 17.2 Å². The molecular weight excluding hydrogens is 399 g/mol. The Bertz CT molecular complexity index is 817. The Morgan fingerprint density at radius 1 is 1.32 bits per heavy atom. The maximum atomic E-state index is 13.1. The summed E-state index contributed by atoms with van der Waals surface area (Å²) in [5, 5.41) is 1.66. The van der Waals surface area contributed by atoms with Gasteiger partial charge in [0.2, 0.25) is 5.91 Å². The van der Waals surface area contributed by atoms with Crippen molar-refractivity contribution < 1.29 is 18.7 Å². The van der Waals surface area contributed by atoms with Gasteiger partial charge in [-0.05, 0) is 51.0 Å². The van der Waals surface area contributed by atoms with Gasteiger partial charge < -0.3 is 9.64 Å². The fourth-order valence-electron chi connectivity index (χ4n) is 3.12. The SMILES string of the molecule is CCOC(=O)C1CCN(C(=O)C(C)Sc2nc(-c3ccc(F)cc3)cs2)CC1. The highest BCUT2D eigenvalue weighted by Crippen LogP contribution is 2.32. The first-order valence-electron chi connectivity index (χ1n) is 9.31. The second-order valence-corrected chi connectivity index (χ2v) is 9.06. The van der Waals surface area contributed by atoms with Crippen molar-refractivity contribution in [1.29, 1.82) is 0 Å². The monoisotopic (exact) mass is 422 g/mol. The van der Waals surface area contributed by atoms with Gasteiger partial charge in [0, 0.05) is 24.0 Å². The molecule has 2 heterocycles. The average Bonchev–Trinajstić information content (AvgIpc) is 3.16. The zero-order chi connectivity index (χ0) is 20.1. The van der Waals surface area contributed by atoms with Crippen molar-refractivity contribution in [2.24, 2.45) is 5.92 Å². The number of piperidine rings is 1. The number of nitrogens with zero attached hydrogens (tertiary/aromatic N) is 2. The summed E-state index contributed by atoms with van der Waals surface area (Å²) in [7, 11) is 0. The number of amides is 1. The van der Waals surface area contributed by atoms with Gasteiger partial charge in [0.15, 0.2) is 4.34 Å². The van der Waals surface area contributed by atoms with E-state index in [0.717, 1.165) is 15.6 Å². The van der Waals surface area contributed by atoms with Crippen LogP contribution in [0.1, 0.15) is 26.7 Å². The summed E-state index contributed by atoms with van der Waals surface area (Å²) in [5.41, 5.74) is 1.63. The molecule has 0 radical (unpaired) electrons. The standard InChI is InChI=1S/C20H23FN2O3S2/c1-3-26-19(25)15-8-10-23(11-9-15)18(24)13(2)28-20-22-17(12-27-20)14-4-6-16(21)7-5-14/h4-7,12-13,15H,3,8-11H2,1-2H3. The molecule has 0 aliphatic carbocycles. The highest BCUT2D eigenvalue weighted by atomic mass is 32.2. The molecule has 1 aliphatic heterocycles. The second-order valence-electron chi connectivity index (χ2n) is 6.62. The van der Waals surface area contributed by atoms with Crippen molar-refractivity contribution in [3.8, 4) is 11.3 Å². The van der Waals surface area contributed by atoms with Crippen LogP contribution in [0.5, 0.6) is 0 Å². The van der Waals surface area contributed by atoms with Gasteiger partial charge in [-0.15, -0.1) is 11.3 Å². The van der Waals surface area contributed by atoms with Crippen LogP contribution >= 0.6 is 23.1 Å². The van der Waals surface area contributed by atoms with Gasteiger partial charge in [-0.2, -0.15) is 0 Å². The lowest BCUT2D eigenvalue weighted by Gasteiger charge is -2.32. The summed E-state index contributed by atoms with van der Waals surface area (Å²) in [4.78, 5) is 31.0. The van der Waals surface area contributed by atoms with Crippen LogP contribution in [0.25, 0.3) is 11.3 Å². The summed E-state index contributed by atoms with van der Waals surface area (Å²) < 4.78 is 18.9. The molecule has 1 atom stereocenters. The number of carbonyl (C=O) groups excluding carboxylic acids is 2. The Hall–Kier alpha value is -1.93. The molecular formula is C20H23FN2O3S2. The Morgan fingerprint density at radius 2 is 2.00 bits per heavy atom. The lowest BCUT2D eigenvalue weighted by atomic mass is 9.97. The molecule has 1 aliphatic rings. The van der Waals surface area contributed by atoms with Crippen molar-refractivity contribution in [3.63, 3.8) is 0 Å². The van der Waals surface area contributed by atoms with Gasteiger partial charge in [0.1, 0.15) is 5.82 Å². The van der Waals surface area contributed by atoms with Gasteiger partial charge >= 0.3 is 5.97 Å². The number of hydrogen-bond donors (Lipinski definition) is 0. The highest BCUT2D eigenvalue weighted by molar-refractivity contribution is 8.02. The van der Waals surface area contributed by atoms with Gasteiger partial charge in [-0.1, -0.05) is 11.8 Å². The third-order valence-corrected chi connectivity index (χ3v) is 6.73. The van der Waals surface area contributed by atoms with E-state index in [1.165, 1.54) is 35.2 Å². The molecule has 0 N–H and O–H groups in total. The maximum Gasteiger partial charge on any atom is 0.309 e. The first-order chi connectivity index (χ1) is 13.5. The van der Waals surface area contributed by atoms with Crippen LogP contribution in [0.15, 0.2) is 34.0 Å². The molecule has 8 heteroatoms. The molecule has 3 rings (SSSR count). The first kappa shape index (κ1) is 20.8. The Kier molecular flexibility index (Phi) is 7.07. The number of rotatable bonds is 6. The molecule has 1 unspecified atom stereocenters. The lowest BCUT2D eigenvalue weighted by Crippen LogP contribution is -2.43. The van der Waals surface area contributed by atoms with Crippen molar-refractivity contribution in [1.82, 2.24) is 9.88 Å². The normalized spacial score (nSPS) is 16.0. The molecule has 5 nitrogen and oxygen atoms in total. The summed E-state index contributed by atoms with van der Waals surface area (Å²) in [6.45, 7) is 5.22. The molecule has 150 valence electrons. The summed E-state index contributed by atoms with van der Waals surface area (Å²) in [6, 6.07) is 6.21. The number of aromatic nitrogens is 1. The Balaban J connectivity index is 1.54. The van der Waals surface area contributed by atoms with Gasteiger partial charge in [0.25, 0.3) is 0 Å². The number of hydrogen-bond acceptors (Lipinski definition) is 6. The topological polar surface area (TPSA) is 59.5 Å². The maximum absolute atomic E-state index is 13.1. The minimum atomic E-state index is -0.278. The van der Waals surface area contributed by atoms with Gasteiger partial charge in [-0.25, -0.2) is 9.37 Å². The van der Waals surface area contributed by atoms with Crippen molar-refractivity contribution in [2.75, 3.05) is 19.7 Å². The van der Waals surface area contributed by atoms with Crippen molar-refractivity contribution in [2.45, 2.75) is 36.3 Å². The van der Waals surface area contributed by atoms with Crippen LogP contribution in [-0.4, -0.2) is 46.7 Å². The summed E-state index contributed by atoms with van der Waals surface area (Å²) >= 11 is 2.91. The van der Waals surface area contributed by atoms with Crippen LogP contribution in [0.2, 0.25) is 0 Å². The first-order valence-corrected chi connectivity index (χ1v) is 11.1. The van der Waals surface area contributed by atoms with E-state index in [4.69, 9.17) is 4.74 Å². The minimum absolute atomic E-state index is 0.0610. The number of benzene rings is 1. The number of ether oxygens (including phenoxy) is 1. The van der Waals surface area contributed by atoms with E-state index < -0.39 is 0 Å². The number of likely N-dealkylation sites (tertiary alicyclic amines) is 1. The van der Waals surface area contributed by atoms with E-state index in [1.54, 1.807) is 19.1 Å². The Labute approximate surface area is 172 Å².